The molecule has 4 rings (SSSR count). The van der Waals surface area contributed by atoms with Crippen molar-refractivity contribution in [3.8, 4) is 5.75 Å². The summed E-state index contributed by atoms with van der Waals surface area (Å²) >= 11 is 8.61. The van der Waals surface area contributed by atoms with Gasteiger partial charge in [-0.1, -0.05) is 53.7 Å². The van der Waals surface area contributed by atoms with Crippen LogP contribution in [0.3, 0.4) is 0 Å². The van der Waals surface area contributed by atoms with Crippen LogP contribution in [0.4, 0.5) is 5.69 Å². The van der Waals surface area contributed by atoms with E-state index in [0.29, 0.717) is 38.4 Å². The molecule has 0 radical (unpaired) electrons. The van der Waals surface area contributed by atoms with E-state index in [1.165, 1.54) is 30.2 Å². The second-order valence-electron chi connectivity index (χ2n) is 6.59. The summed E-state index contributed by atoms with van der Waals surface area (Å²) in [5, 5.41) is 5.64. The lowest BCUT2D eigenvalue weighted by Crippen LogP contribution is -2.24. The second-order valence-corrected chi connectivity index (χ2v) is 8.88. The van der Waals surface area contributed by atoms with Crippen molar-refractivity contribution < 1.29 is 9.53 Å². The number of thiophene rings is 1. The molecule has 0 unspecified atom stereocenters. The number of thioether (sulfide) groups is 1. The van der Waals surface area contributed by atoms with E-state index in [9.17, 15) is 9.59 Å². The standard InChI is InChI=1S/C22H18ClN3O3S2/c1-29-18-8-7-15(23)11-17(18)24-19(27)13-31-22-25-16-9-10-30-20(16)21(28)26(22)12-14-5-3-2-4-6-14/h2-11H,12-13H2,1H3,(H,24,27). The highest BCUT2D eigenvalue weighted by molar-refractivity contribution is 7.99. The third-order valence-corrected chi connectivity index (χ3v) is 6.59. The third kappa shape index (κ3) is 4.92. The third-order valence-electron chi connectivity index (χ3n) is 4.48. The monoisotopic (exact) mass is 471 g/mol. The van der Waals surface area contributed by atoms with E-state index in [0.717, 1.165) is 5.56 Å². The number of carbonyl (C=O) groups excluding carboxylic acids is 1. The van der Waals surface area contributed by atoms with Crippen molar-refractivity contribution >= 4 is 56.5 Å². The van der Waals surface area contributed by atoms with Crippen molar-refractivity contribution in [3.05, 3.63) is 80.9 Å². The van der Waals surface area contributed by atoms with Crippen LogP contribution in [0, 0.1) is 0 Å². The smallest absolute Gasteiger partial charge is 0.272 e. The molecule has 0 bridgehead atoms. The first-order chi connectivity index (χ1) is 15.0. The minimum absolute atomic E-state index is 0.0759. The molecule has 0 saturated carbocycles. The Hall–Kier alpha value is -2.81. The van der Waals surface area contributed by atoms with Gasteiger partial charge in [0.2, 0.25) is 5.91 Å². The molecule has 2 aromatic carbocycles. The highest BCUT2D eigenvalue weighted by atomic mass is 35.5. The molecule has 0 spiro atoms. The molecule has 158 valence electrons. The first kappa shape index (κ1) is 21.4. The van der Waals surface area contributed by atoms with Crippen LogP contribution in [-0.4, -0.2) is 28.3 Å². The highest BCUT2D eigenvalue weighted by Crippen LogP contribution is 2.28. The van der Waals surface area contributed by atoms with Crippen LogP contribution in [0.5, 0.6) is 5.75 Å². The first-order valence-electron chi connectivity index (χ1n) is 9.33. The number of rotatable bonds is 7. The summed E-state index contributed by atoms with van der Waals surface area (Å²) in [7, 11) is 1.52. The van der Waals surface area contributed by atoms with Gasteiger partial charge in [0, 0.05) is 5.02 Å². The number of amides is 1. The fourth-order valence-corrected chi connectivity index (χ4v) is 4.78. The molecule has 0 aliphatic rings. The van der Waals surface area contributed by atoms with Crippen LogP contribution >= 0.6 is 34.7 Å². The number of nitrogens with one attached hydrogen (secondary N) is 1. The number of hydrogen-bond acceptors (Lipinski definition) is 6. The Balaban J connectivity index is 1.58. The van der Waals surface area contributed by atoms with Gasteiger partial charge in [-0.25, -0.2) is 4.98 Å². The zero-order valence-corrected chi connectivity index (χ0v) is 18.9. The molecule has 9 heteroatoms. The number of nitrogens with zero attached hydrogens (tertiary/aromatic N) is 2. The van der Waals surface area contributed by atoms with E-state index in [2.05, 4.69) is 10.3 Å². The van der Waals surface area contributed by atoms with Crippen molar-refractivity contribution in [2.45, 2.75) is 11.7 Å². The number of benzene rings is 2. The van der Waals surface area contributed by atoms with Crippen LogP contribution < -0.4 is 15.6 Å². The minimum Gasteiger partial charge on any atom is -0.495 e. The Morgan fingerprint density at radius 1 is 1.23 bits per heavy atom. The van der Waals surface area contributed by atoms with Gasteiger partial charge in [0.15, 0.2) is 5.16 Å². The summed E-state index contributed by atoms with van der Waals surface area (Å²) in [5.74, 6) is 0.338. The largest absolute Gasteiger partial charge is 0.495 e. The van der Waals surface area contributed by atoms with Crippen molar-refractivity contribution in [1.82, 2.24) is 9.55 Å². The van der Waals surface area contributed by atoms with Gasteiger partial charge in [-0.05, 0) is 35.2 Å². The van der Waals surface area contributed by atoms with Gasteiger partial charge in [0.25, 0.3) is 5.56 Å². The van der Waals surface area contributed by atoms with Gasteiger partial charge >= 0.3 is 0 Å². The summed E-state index contributed by atoms with van der Waals surface area (Å²) in [5.41, 5.74) is 2.00. The Kier molecular flexibility index (Phi) is 6.60. The molecular weight excluding hydrogens is 454 g/mol. The molecule has 6 nitrogen and oxygen atoms in total. The summed E-state index contributed by atoms with van der Waals surface area (Å²) in [6.07, 6.45) is 0. The van der Waals surface area contributed by atoms with E-state index >= 15 is 0 Å². The topological polar surface area (TPSA) is 73.2 Å². The van der Waals surface area contributed by atoms with Crippen LogP contribution in [0.25, 0.3) is 10.2 Å². The van der Waals surface area contributed by atoms with Gasteiger partial charge in [-0.15, -0.1) is 11.3 Å². The number of fused-ring (bicyclic) bond motifs is 1. The molecule has 0 fully saturated rings. The maximum Gasteiger partial charge on any atom is 0.272 e. The normalized spacial score (nSPS) is 10.9. The average molecular weight is 472 g/mol. The maximum absolute atomic E-state index is 13.1. The predicted octanol–water partition coefficient (Wildman–Crippen LogP) is 4.90. The van der Waals surface area contributed by atoms with Crippen molar-refractivity contribution in [3.63, 3.8) is 0 Å². The minimum atomic E-state index is -0.253. The van der Waals surface area contributed by atoms with E-state index in [4.69, 9.17) is 16.3 Å². The van der Waals surface area contributed by atoms with Gasteiger partial charge in [0.1, 0.15) is 10.4 Å². The number of methoxy groups -OCH3 is 1. The molecule has 2 heterocycles. The molecule has 0 saturated heterocycles. The number of anilines is 1. The van der Waals surface area contributed by atoms with Crippen molar-refractivity contribution in [1.29, 1.82) is 0 Å². The SMILES string of the molecule is COc1ccc(Cl)cc1NC(=O)CSc1nc2ccsc2c(=O)n1Cc1ccccc1. The Bertz CT molecular complexity index is 1290. The lowest BCUT2D eigenvalue weighted by molar-refractivity contribution is -0.113. The van der Waals surface area contributed by atoms with Crippen LogP contribution in [0.2, 0.25) is 5.02 Å². The lowest BCUT2D eigenvalue weighted by atomic mass is 10.2. The number of hydrogen-bond donors (Lipinski definition) is 1. The molecule has 0 atom stereocenters. The predicted molar refractivity (Wildman–Crippen MR) is 127 cm³/mol. The summed E-state index contributed by atoms with van der Waals surface area (Å²) in [6.45, 7) is 0.382. The zero-order valence-electron chi connectivity index (χ0n) is 16.5. The van der Waals surface area contributed by atoms with Crippen LogP contribution in [0.1, 0.15) is 5.56 Å². The van der Waals surface area contributed by atoms with Gasteiger partial charge in [-0.3, -0.25) is 14.2 Å². The van der Waals surface area contributed by atoms with Crippen LogP contribution in [0.15, 0.2) is 69.9 Å². The Morgan fingerprint density at radius 3 is 2.81 bits per heavy atom. The molecule has 1 amide bonds. The highest BCUT2D eigenvalue weighted by Gasteiger charge is 2.15. The van der Waals surface area contributed by atoms with E-state index in [1.54, 1.807) is 22.8 Å². The molecule has 4 aromatic rings. The van der Waals surface area contributed by atoms with Gasteiger partial charge in [0.05, 0.1) is 30.6 Å². The Labute approximate surface area is 191 Å². The van der Waals surface area contributed by atoms with Crippen molar-refractivity contribution in [2.24, 2.45) is 0 Å². The fourth-order valence-electron chi connectivity index (χ4n) is 3.03. The number of aromatic nitrogens is 2. The van der Waals surface area contributed by atoms with E-state index in [1.807, 2.05) is 41.8 Å². The average Bonchev–Trinajstić information content (AvgIpc) is 3.24. The summed E-state index contributed by atoms with van der Waals surface area (Å²) in [4.78, 5) is 30.3. The summed E-state index contributed by atoms with van der Waals surface area (Å²) in [6, 6.07) is 16.5. The van der Waals surface area contributed by atoms with Crippen molar-refractivity contribution in [2.75, 3.05) is 18.2 Å². The maximum atomic E-state index is 13.1. The number of halogens is 1. The summed E-state index contributed by atoms with van der Waals surface area (Å²) < 4.78 is 7.49. The van der Waals surface area contributed by atoms with Crippen LogP contribution in [-0.2, 0) is 11.3 Å². The Morgan fingerprint density at radius 2 is 2.03 bits per heavy atom. The molecule has 1 N–H and O–H groups in total. The zero-order chi connectivity index (χ0) is 21.8. The van der Waals surface area contributed by atoms with E-state index in [-0.39, 0.29) is 17.2 Å². The molecular formula is C22H18ClN3O3S2. The first-order valence-corrected chi connectivity index (χ1v) is 11.6. The molecule has 2 aromatic heterocycles. The van der Waals surface area contributed by atoms with Gasteiger partial charge < -0.3 is 10.1 Å². The molecule has 0 aliphatic carbocycles. The number of ether oxygens (including phenoxy) is 1. The van der Waals surface area contributed by atoms with E-state index < -0.39 is 0 Å². The quantitative estimate of drug-likeness (QED) is 0.306. The number of carbonyl (C=O) groups is 1. The second kappa shape index (κ2) is 9.55. The molecule has 0 aliphatic heterocycles. The lowest BCUT2D eigenvalue weighted by Gasteiger charge is -2.13. The molecule has 31 heavy (non-hydrogen) atoms. The van der Waals surface area contributed by atoms with Gasteiger partial charge in [-0.2, -0.15) is 0 Å². The fraction of sp³-hybridized carbons (Fsp3) is 0.136.